The van der Waals surface area contributed by atoms with Gasteiger partial charge in [0.1, 0.15) is 0 Å². The molecule has 1 aliphatic rings. The highest BCUT2D eigenvalue weighted by atomic mass is 35.5. The summed E-state index contributed by atoms with van der Waals surface area (Å²) >= 11 is 7.54. The predicted molar refractivity (Wildman–Crippen MR) is 138 cm³/mol. The van der Waals surface area contributed by atoms with Gasteiger partial charge in [-0.1, -0.05) is 77.5 Å². The lowest BCUT2D eigenvalue weighted by Crippen LogP contribution is -2.36. The minimum Gasteiger partial charge on any atom is -0.378 e. The Morgan fingerprint density at radius 2 is 1.67 bits per heavy atom. The molecule has 0 spiro atoms. The lowest BCUT2D eigenvalue weighted by Gasteiger charge is -2.19. The average molecular weight is 472 g/mol. The van der Waals surface area contributed by atoms with Gasteiger partial charge in [-0.25, -0.2) is 4.99 Å². The summed E-state index contributed by atoms with van der Waals surface area (Å²) in [7, 11) is 4.02. The van der Waals surface area contributed by atoms with E-state index in [-0.39, 0.29) is 11.6 Å². The molecule has 0 saturated heterocycles. The molecule has 5 rings (SSSR count). The molecule has 1 aliphatic heterocycles. The van der Waals surface area contributed by atoms with Crippen molar-refractivity contribution in [1.82, 2.24) is 4.57 Å². The second kappa shape index (κ2) is 8.85. The molecule has 0 amide bonds. The third kappa shape index (κ3) is 4.30. The molecule has 4 nitrogen and oxygen atoms in total. The molecule has 4 aromatic rings. The molecule has 0 aliphatic carbocycles. The summed E-state index contributed by atoms with van der Waals surface area (Å²) in [5, 5.41) is 0.666. The molecule has 33 heavy (non-hydrogen) atoms. The first kappa shape index (κ1) is 21.4. The minimum atomic E-state index is -0.257. The topological polar surface area (TPSA) is 37.6 Å². The van der Waals surface area contributed by atoms with Gasteiger partial charge in [0.05, 0.1) is 16.3 Å². The zero-order valence-electron chi connectivity index (χ0n) is 18.3. The van der Waals surface area contributed by atoms with Crippen molar-refractivity contribution in [3.05, 3.63) is 126 Å². The third-order valence-corrected chi connectivity index (χ3v) is 6.87. The Labute approximate surface area is 201 Å². The van der Waals surface area contributed by atoms with E-state index in [4.69, 9.17) is 16.6 Å². The second-order valence-electron chi connectivity index (χ2n) is 8.08. The van der Waals surface area contributed by atoms with Crippen LogP contribution in [-0.4, -0.2) is 18.7 Å². The van der Waals surface area contributed by atoms with Crippen molar-refractivity contribution in [3.8, 4) is 0 Å². The predicted octanol–water partition coefficient (Wildman–Crippen LogP) is 4.72. The normalized spacial score (nSPS) is 15.5. The molecule has 2 heterocycles. The Bertz CT molecular complexity index is 1500. The van der Waals surface area contributed by atoms with Crippen LogP contribution in [0.5, 0.6) is 0 Å². The van der Waals surface area contributed by atoms with E-state index in [1.807, 2.05) is 99.0 Å². The van der Waals surface area contributed by atoms with Crippen LogP contribution < -0.4 is 19.8 Å². The fourth-order valence-corrected chi connectivity index (χ4v) is 5.01. The van der Waals surface area contributed by atoms with Gasteiger partial charge in [-0.05, 0) is 53.1 Å². The van der Waals surface area contributed by atoms with E-state index in [0.717, 1.165) is 28.1 Å². The van der Waals surface area contributed by atoms with Crippen LogP contribution in [0, 0.1) is 0 Å². The van der Waals surface area contributed by atoms with Gasteiger partial charge in [0.2, 0.25) is 0 Å². The van der Waals surface area contributed by atoms with E-state index in [2.05, 4.69) is 11.0 Å². The zero-order chi connectivity index (χ0) is 22.9. The standard InChI is InChI=1S/C27H22ClN3OS/c1-30(2)22-14-8-18(9-15-22)16-25-26(32)31-24(20-10-12-21(28)13-11-20)17-23(29-27(31)33-25)19-6-4-3-5-7-19/h3-17,24H,1-2H3. The highest BCUT2D eigenvalue weighted by Crippen LogP contribution is 2.27. The number of benzene rings is 3. The highest BCUT2D eigenvalue weighted by Gasteiger charge is 2.22. The number of rotatable bonds is 4. The molecule has 1 atom stereocenters. The van der Waals surface area contributed by atoms with Crippen molar-refractivity contribution in [3.63, 3.8) is 0 Å². The van der Waals surface area contributed by atoms with E-state index in [1.165, 1.54) is 11.3 Å². The van der Waals surface area contributed by atoms with E-state index in [0.29, 0.717) is 14.4 Å². The maximum Gasteiger partial charge on any atom is 0.271 e. The SMILES string of the molecule is CN(C)c1ccc(C=c2sc3n(c2=O)C(c2ccc(Cl)cc2)C=C(c2ccccc2)N=3)cc1. The molecule has 0 N–H and O–H groups in total. The van der Waals surface area contributed by atoms with Crippen molar-refractivity contribution in [2.24, 2.45) is 4.99 Å². The minimum absolute atomic E-state index is 0.0428. The second-order valence-corrected chi connectivity index (χ2v) is 9.53. The number of fused-ring (bicyclic) bond motifs is 1. The first-order valence-corrected chi connectivity index (χ1v) is 11.8. The summed E-state index contributed by atoms with van der Waals surface area (Å²) in [5.74, 6) is 0. The molecule has 6 heteroatoms. The Kier molecular flexibility index (Phi) is 5.75. The van der Waals surface area contributed by atoms with Crippen LogP contribution in [0.2, 0.25) is 5.02 Å². The Morgan fingerprint density at radius 3 is 2.33 bits per heavy atom. The molecule has 0 bridgehead atoms. The maximum absolute atomic E-state index is 13.5. The van der Waals surface area contributed by atoms with Gasteiger partial charge in [-0.2, -0.15) is 0 Å². The average Bonchev–Trinajstić information content (AvgIpc) is 3.15. The van der Waals surface area contributed by atoms with Gasteiger partial charge in [-0.15, -0.1) is 0 Å². The molecule has 0 radical (unpaired) electrons. The quantitative estimate of drug-likeness (QED) is 0.432. The first-order chi connectivity index (χ1) is 16.0. The number of aromatic nitrogens is 1. The lowest BCUT2D eigenvalue weighted by molar-refractivity contribution is 0.644. The number of halogens is 1. The number of hydrogen-bond donors (Lipinski definition) is 0. The summed E-state index contributed by atoms with van der Waals surface area (Å²) in [6.45, 7) is 0. The van der Waals surface area contributed by atoms with Crippen LogP contribution in [0.1, 0.15) is 22.7 Å². The molecule has 1 aromatic heterocycles. The van der Waals surface area contributed by atoms with Crippen LogP contribution in [-0.2, 0) is 0 Å². The number of anilines is 1. The maximum atomic E-state index is 13.5. The Morgan fingerprint density at radius 1 is 0.970 bits per heavy atom. The molecular weight excluding hydrogens is 450 g/mol. The van der Waals surface area contributed by atoms with Gasteiger partial charge >= 0.3 is 0 Å². The third-order valence-electron chi connectivity index (χ3n) is 5.64. The van der Waals surface area contributed by atoms with E-state index < -0.39 is 0 Å². The van der Waals surface area contributed by atoms with Crippen LogP contribution in [0.4, 0.5) is 5.69 Å². The number of nitrogens with zero attached hydrogens (tertiary/aromatic N) is 3. The van der Waals surface area contributed by atoms with Gasteiger partial charge in [-0.3, -0.25) is 9.36 Å². The van der Waals surface area contributed by atoms with E-state index in [1.54, 1.807) is 4.57 Å². The molecule has 164 valence electrons. The van der Waals surface area contributed by atoms with Crippen molar-refractivity contribution < 1.29 is 0 Å². The van der Waals surface area contributed by atoms with Gasteiger partial charge in [0.25, 0.3) is 5.56 Å². The number of hydrogen-bond acceptors (Lipinski definition) is 4. The first-order valence-electron chi connectivity index (χ1n) is 10.6. The molecule has 1 unspecified atom stereocenters. The molecule has 0 fully saturated rings. The van der Waals surface area contributed by atoms with Gasteiger partial charge in [0, 0.05) is 24.8 Å². The smallest absolute Gasteiger partial charge is 0.271 e. The monoisotopic (exact) mass is 471 g/mol. The van der Waals surface area contributed by atoms with Crippen LogP contribution in [0.3, 0.4) is 0 Å². The summed E-state index contributed by atoms with van der Waals surface area (Å²) in [6.07, 6.45) is 3.99. The van der Waals surface area contributed by atoms with E-state index >= 15 is 0 Å². The lowest BCUT2D eigenvalue weighted by atomic mass is 10.0. The number of thiazole rings is 1. The summed E-state index contributed by atoms with van der Waals surface area (Å²) in [5.41, 5.74) is 4.93. The van der Waals surface area contributed by atoms with Crippen molar-refractivity contribution >= 4 is 40.4 Å². The Balaban J connectivity index is 1.67. The summed E-state index contributed by atoms with van der Waals surface area (Å²) < 4.78 is 2.44. The van der Waals surface area contributed by atoms with Crippen molar-refractivity contribution in [2.45, 2.75) is 6.04 Å². The Hall–Kier alpha value is -3.41. The van der Waals surface area contributed by atoms with E-state index in [9.17, 15) is 4.79 Å². The van der Waals surface area contributed by atoms with Crippen molar-refractivity contribution in [2.75, 3.05) is 19.0 Å². The fourth-order valence-electron chi connectivity index (χ4n) is 3.87. The molecule has 0 saturated carbocycles. The van der Waals surface area contributed by atoms with Gasteiger partial charge < -0.3 is 4.90 Å². The van der Waals surface area contributed by atoms with Crippen LogP contribution >= 0.6 is 22.9 Å². The number of allylic oxidation sites excluding steroid dienone is 1. The van der Waals surface area contributed by atoms with Crippen molar-refractivity contribution in [1.29, 1.82) is 0 Å². The fraction of sp³-hybridized carbons (Fsp3) is 0.111. The molecule has 3 aromatic carbocycles. The summed E-state index contributed by atoms with van der Waals surface area (Å²) in [4.78, 5) is 21.1. The zero-order valence-corrected chi connectivity index (χ0v) is 19.8. The summed E-state index contributed by atoms with van der Waals surface area (Å²) in [6, 6.07) is 25.6. The van der Waals surface area contributed by atoms with Crippen LogP contribution in [0.25, 0.3) is 11.8 Å². The highest BCUT2D eigenvalue weighted by molar-refractivity contribution is 7.07. The largest absolute Gasteiger partial charge is 0.378 e. The van der Waals surface area contributed by atoms with Gasteiger partial charge in [0.15, 0.2) is 4.80 Å². The molecular formula is C27H22ClN3OS. The van der Waals surface area contributed by atoms with Crippen LogP contribution in [0.15, 0.2) is 94.7 Å².